The minimum absolute atomic E-state index is 0.00127. The van der Waals surface area contributed by atoms with Gasteiger partial charge in [-0.15, -0.1) is 0 Å². The maximum Gasteiger partial charge on any atom is 0.410 e. The molecule has 2 aliphatic heterocycles. The smallest absolute Gasteiger partial charge is 0.410 e. The number of hydrogen-bond acceptors (Lipinski definition) is 5. The Labute approximate surface area is 143 Å². The van der Waals surface area contributed by atoms with Crippen molar-refractivity contribution < 1.29 is 24.3 Å². The van der Waals surface area contributed by atoms with Gasteiger partial charge in [0.2, 0.25) is 0 Å². The molecule has 136 valence electrons. The van der Waals surface area contributed by atoms with Crippen LogP contribution >= 0.6 is 0 Å². The van der Waals surface area contributed by atoms with Crippen LogP contribution in [0.25, 0.3) is 0 Å². The number of rotatable bonds is 5. The quantitative estimate of drug-likeness (QED) is 0.831. The van der Waals surface area contributed by atoms with Gasteiger partial charge in [-0.3, -0.25) is 4.79 Å². The Kier molecular flexibility index (Phi) is 6.07. The first-order valence-electron chi connectivity index (χ1n) is 8.64. The highest BCUT2D eigenvalue weighted by Crippen LogP contribution is 2.25. The number of oxime groups is 1. The summed E-state index contributed by atoms with van der Waals surface area (Å²) >= 11 is 0. The molecule has 0 aromatic carbocycles. The molecule has 1 atom stereocenters. The summed E-state index contributed by atoms with van der Waals surface area (Å²) in [4.78, 5) is 29.6. The van der Waals surface area contributed by atoms with Crippen molar-refractivity contribution in [3.8, 4) is 0 Å². The van der Waals surface area contributed by atoms with Gasteiger partial charge in [0.15, 0.2) is 0 Å². The largest absolute Gasteiger partial charge is 0.481 e. The second-order valence-electron chi connectivity index (χ2n) is 7.64. The number of ether oxygens (including phenoxy) is 1. The number of carbonyl (C=O) groups excluding carboxylic acids is 1. The normalized spacial score (nSPS) is 22.0. The van der Waals surface area contributed by atoms with Crippen molar-refractivity contribution in [3.05, 3.63) is 0 Å². The Morgan fingerprint density at radius 3 is 2.58 bits per heavy atom. The number of aliphatic carboxylic acids is 1. The van der Waals surface area contributed by atoms with Gasteiger partial charge in [-0.1, -0.05) is 5.16 Å². The third kappa shape index (κ3) is 6.02. The summed E-state index contributed by atoms with van der Waals surface area (Å²) in [5.41, 5.74) is 0.497. The third-order valence-corrected chi connectivity index (χ3v) is 4.30. The van der Waals surface area contributed by atoms with E-state index in [0.29, 0.717) is 12.3 Å². The fraction of sp³-hybridized carbons (Fsp3) is 0.824. The average Bonchev–Trinajstić information content (AvgIpc) is 2.90. The molecule has 7 heteroatoms. The topological polar surface area (TPSA) is 88.4 Å². The van der Waals surface area contributed by atoms with Gasteiger partial charge in [0.1, 0.15) is 11.7 Å². The van der Waals surface area contributed by atoms with Gasteiger partial charge in [0.05, 0.1) is 12.1 Å². The molecule has 0 spiro atoms. The SMILES string of the molecule is CC(C)(C)OC(=O)N1CCC(CCC2=NOC(CC(=O)O)C2)CC1. The van der Waals surface area contributed by atoms with Crippen LogP contribution in [0.2, 0.25) is 0 Å². The monoisotopic (exact) mass is 340 g/mol. The van der Waals surface area contributed by atoms with E-state index < -0.39 is 11.6 Å². The molecule has 2 aliphatic rings. The minimum atomic E-state index is -0.856. The molecular weight excluding hydrogens is 312 g/mol. The van der Waals surface area contributed by atoms with Crippen molar-refractivity contribution in [1.82, 2.24) is 4.90 Å². The molecule has 0 aromatic heterocycles. The fourth-order valence-corrected chi connectivity index (χ4v) is 3.04. The molecule has 1 saturated heterocycles. The van der Waals surface area contributed by atoms with Crippen molar-refractivity contribution in [2.45, 2.75) is 71.0 Å². The maximum absolute atomic E-state index is 12.0. The lowest BCUT2D eigenvalue weighted by atomic mass is 9.90. The highest BCUT2D eigenvalue weighted by Gasteiger charge is 2.28. The van der Waals surface area contributed by atoms with E-state index in [4.69, 9.17) is 14.7 Å². The van der Waals surface area contributed by atoms with Gasteiger partial charge >= 0.3 is 12.1 Å². The van der Waals surface area contributed by atoms with E-state index in [1.165, 1.54) is 0 Å². The van der Waals surface area contributed by atoms with Crippen LogP contribution < -0.4 is 0 Å². The number of amides is 1. The van der Waals surface area contributed by atoms with Gasteiger partial charge in [-0.25, -0.2) is 4.79 Å². The molecule has 24 heavy (non-hydrogen) atoms. The van der Waals surface area contributed by atoms with E-state index in [9.17, 15) is 9.59 Å². The summed E-state index contributed by atoms with van der Waals surface area (Å²) in [6.45, 7) is 7.08. The molecule has 1 unspecified atom stereocenters. The van der Waals surface area contributed by atoms with Crippen molar-refractivity contribution >= 4 is 17.8 Å². The lowest BCUT2D eigenvalue weighted by Gasteiger charge is -2.33. The van der Waals surface area contributed by atoms with Crippen LogP contribution in [-0.2, 0) is 14.4 Å². The van der Waals surface area contributed by atoms with Gasteiger partial charge in [0, 0.05) is 19.5 Å². The van der Waals surface area contributed by atoms with Gasteiger partial charge in [-0.05, 0) is 52.4 Å². The van der Waals surface area contributed by atoms with E-state index in [1.807, 2.05) is 20.8 Å². The highest BCUT2D eigenvalue weighted by molar-refractivity contribution is 5.86. The summed E-state index contributed by atoms with van der Waals surface area (Å²) < 4.78 is 5.40. The first-order chi connectivity index (χ1) is 11.2. The molecule has 0 saturated carbocycles. The van der Waals surface area contributed by atoms with Gasteiger partial charge < -0.3 is 19.6 Å². The second-order valence-corrected chi connectivity index (χ2v) is 7.64. The minimum Gasteiger partial charge on any atom is -0.481 e. The standard InChI is InChI=1S/C17H28N2O5/c1-17(2,3)23-16(22)19-8-6-12(7-9-19)4-5-13-10-14(24-18-13)11-15(20)21/h12,14H,4-11H2,1-3H3,(H,20,21). The van der Waals surface area contributed by atoms with E-state index >= 15 is 0 Å². The zero-order valence-electron chi connectivity index (χ0n) is 14.8. The zero-order chi connectivity index (χ0) is 17.7. The number of carboxylic acid groups (broad SMARTS) is 1. The molecule has 0 aromatic rings. The first kappa shape index (κ1) is 18.5. The third-order valence-electron chi connectivity index (χ3n) is 4.30. The van der Waals surface area contributed by atoms with Crippen LogP contribution in [0, 0.1) is 5.92 Å². The van der Waals surface area contributed by atoms with E-state index in [1.54, 1.807) is 4.90 Å². The molecular formula is C17H28N2O5. The van der Waals surface area contributed by atoms with Crippen molar-refractivity contribution in [3.63, 3.8) is 0 Å². The lowest BCUT2D eigenvalue weighted by Crippen LogP contribution is -2.41. The number of hydrogen-bond donors (Lipinski definition) is 1. The van der Waals surface area contributed by atoms with Crippen LogP contribution in [0.5, 0.6) is 0 Å². The molecule has 0 bridgehead atoms. The maximum atomic E-state index is 12.0. The summed E-state index contributed by atoms with van der Waals surface area (Å²) in [6.07, 6.45) is 3.84. The Morgan fingerprint density at radius 1 is 1.33 bits per heavy atom. The van der Waals surface area contributed by atoms with Gasteiger partial charge in [0.25, 0.3) is 0 Å². The van der Waals surface area contributed by atoms with Crippen molar-refractivity contribution in [2.75, 3.05) is 13.1 Å². The highest BCUT2D eigenvalue weighted by atomic mass is 16.6. The van der Waals surface area contributed by atoms with E-state index in [2.05, 4.69) is 5.16 Å². The molecule has 0 aliphatic carbocycles. The fourth-order valence-electron chi connectivity index (χ4n) is 3.04. The van der Waals surface area contributed by atoms with Gasteiger partial charge in [-0.2, -0.15) is 0 Å². The summed E-state index contributed by atoms with van der Waals surface area (Å²) in [5.74, 6) is -0.295. The molecule has 2 rings (SSSR count). The van der Waals surface area contributed by atoms with E-state index in [0.717, 1.165) is 44.5 Å². The predicted octanol–water partition coefficient (Wildman–Crippen LogP) is 3.03. The van der Waals surface area contributed by atoms with Crippen molar-refractivity contribution in [1.29, 1.82) is 0 Å². The Morgan fingerprint density at radius 2 is 2.00 bits per heavy atom. The first-order valence-corrected chi connectivity index (χ1v) is 8.64. The average molecular weight is 340 g/mol. The number of carboxylic acids is 1. The Hall–Kier alpha value is -1.79. The molecule has 2 heterocycles. The van der Waals surface area contributed by atoms with Crippen LogP contribution in [0.4, 0.5) is 4.79 Å². The summed E-state index contributed by atoms with van der Waals surface area (Å²) in [6, 6.07) is 0. The van der Waals surface area contributed by atoms with Crippen LogP contribution in [0.3, 0.4) is 0 Å². The molecule has 1 N–H and O–H groups in total. The van der Waals surface area contributed by atoms with Crippen LogP contribution in [0.1, 0.15) is 59.3 Å². The second kappa shape index (κ2) is 7.85. The zero-order valence-corrected chi connectivity index (χ0v) is 14.8. The number of piperidine rings is 1. The Bertz CT molecular complexity index is 490. The predicted molar refractivity (Wildman–Crippen MR) is 88.9 cm³/mol. The van der Waals surface area contributed by atoms with E-state index in [-0.39, 0.29) is 18.6 Å². The molecule has 1 amide bonds. The summed E-state index contributed by atoms with van der Waals surface area (Å²) in [5, 5.41) is 12.8. The van der Waals surface area contributed by atoms with Crippen LogP contribution in [0.15, 0.2) is 5.16 Å². The molecule has 0 radical (unpaired) electrons. The summed E-state index contributed by atoms with van der Waals surface area (Å²) in [7, 11) is 0. The van der Waals surface area contributed by atoms with Crippen molar-refractivity contribution in [2.24, 2.45) is 11.1 Å². The molecule has 7 nitrogen and oxygen atoms in total. The lowest BCUT2D eigenvalue weighted by molar-refractivity contribution is -0.139. The number of carbonyl (C=O) groups is 2. The molecule has 1 fully saturated rings. The Balaban J connectivity index is 1.65. The van der Waals surface area contributed by atoms with Crippen LogP contribution in [-0.4, -0.2) is 52.6 Å². The number of nitrogens with zero attached hydrogens (tertiary/aromatic N) is 2. The number of likely N-dealkylation sites (tertiary alicyclic amines) is 1.